The van der Waals surface area contributed by atoms with Gasteiger partial charge in [0.15, 0.2) is 0 Å². The molecule has 3 heteroatoms. The van der Waals surface area contributed by atoms with E-state index in [1.807, 2.05) is 12.4 Å². The zero-order valence-corrected chi connectivity index (χ0v) is 21.0. The molecule has 0 fully saturated rings. The average molecular weight is 466 g/mol. The van der Waals surface area contributed by atoms with Gasteiger partial charge in [0.2, 0.25) is 0 Å². The molecule has 0 aliphatic carbocycles. The van der Waals surface area contributed by atoms with E-state index in [0.717, 1.165) is 11.4 Å². The quantitative estimate of drug-likeness (QED) is 0.251. The van der Waals surface area contributed by atoms with Crippen molar-refractivity contribution in [1.82, 2.24) is 14.1 Å². The van der Waals surface area contributed by atoms with Gasteiger partial charge in [0, 0.05) is 21.5 Å². The predicted octanol–water partition coefficient (Wildman–Crippen LogP) is 8.51. The lowest BCUT2D eigenvalue weighted by Crippen LogP contribution is -2.00. The number of aryl methyl sites for hydroxylation is 4. The lowest BCUT2D eigenvalue weighted by atomic mass is 10.1. The summed E-state index contributed by atoms with van der Waals surface area (Å²) >= 11 is 0. The van der Waals surface area contributed by atoms with E-state index in [0.29, 0.717) is 0 Å². The Labute approximate surface area is 210 Å². The second kappa shape index (κ2) is 7.56. The van der Waals surface area contributed by atoms with Gasteiger partial charge in [-0.1, -0.05) is 46.5 Å². The molecule has 4 aromatic carbocycles. The first kappa shape index (κ1) is 21.0. The van der Waals surface area contributed by atoms with E-state index >= 15 is 0 Å². The van der Waals surface area contributed by atoms with Crippen LogP contribution in [0.25, 0.3) is 55.0 Å². The van der Waals surface area contributed by atoms with Crippen molar-refractivity contribution in [3.63, 3.8) is 0 Å². The van der Waals surface area contributed by atoms with Crippen molar-refractivity contribution in [3.8, 4) is 11.4 Å². The fraction of sp³-hybridized carbons (Fsp3) is 0.121. The molecule has 3 nitrogen and oxygen atoms in total. The molecule has 0 aliphatic rings. The lowest BCUT2D eigenvalue weighted by Gasteiger charge is -2.12. The van der Waals surface area contributed by atoms with Crippen LogP contribution in [0.3, 0.4) is 0 Å². The van der Waals surface area contributed by atoms with E-state index in [4.69, 9.17) is 4.98 Å². The zero-order valence-electron chi connectivity index (χ0n) is 21.0. The van der Waals surface area contributed by atoms with Crippen LogP contribution in [0.4, 0.5) is 0 Å². The van der Waals surface area contributed by atoms with Gasteiger partial charge in [-0.15, -0.1) is 0 Å². The normalized spacial score (nSPS) is 11.9. The summed E-state index contributed by atoms with van der Waals surface area (Å²) in [6.07, 6.45) is 3.95. The zero-order chi connectivity index (χ0) is 24.6. The van der Waals surface area contributed by atoms with Gasteiger partial charge in [0.25, 0.3) is 0 Å². The first-order valence-corrected chi connectivity index (χ1v) is 12.5. The second-order valence-corrected chi connectivity index (χ2v) is 10.2. The minimum atomic E-state index is 1.06. The Balaban J connectivity index is 1.54. The van der Waals surface area contributed by atoms with Crippen LogP contribution in [-0.4, -0.2) is 14.1 Å². The highest BCUT2D eigenvalue weighted by Gasteiger charge is 2.16. The van der Waals surface area contributed by atoms with E-state index in [1.165, 1.54) is 65.9 Å². The second-order valence-electron chi connectivity index (χ2n) is 10.2. The molecule has 7 rings (SSSR count). The van der Waals surface area contributed by atoms with Gasteiger partial charge >= 0.3 is 0 Å². The summed E-state index contributed by atoms with van der Waals surface area (Å²) in [7, 11) is 0. The molecule has 0 spiro atoms. The largest absolute Gasteiger partial charge is 0.308 e. The summed E-state index contributed by atoms with van der Waals surface area (Å²) in [6.45, 7) is 8.64. The van der Waals surface area contributed by atoms with Crippen molar-refractivity contribution in [3.05, 3.63) is 114 Å². The van der Waals surface area contributed by atoms with Crippen molar-refractivity contribution < 1.29 is 0 Å². The van der Waals surface area contributed by atoms with Crippen molar-refractivity contribution in [2.24, 2.45) is 0 Å². The van der Waals surface area contributed by atoms with Gasteiger partial charge < -0.3 is 9.13 Å². The third-order valence-electron chi connectivity index (χ3n) is 7.38. The van der Waals surface area contributed by atoms with Gasteiger partial charge in [-0.3, -0.25) is 4.98 Å². The molecule has 0 bridgehead atoms. The predicted molar refractivity (Wildman–Crippen MR) is 152 cm³/mol. The number of benzene rings is 4. The third kappa shape index (κ3) is 3.02. The molecule has 174 valence electrons. The SMILES string of the molecule is Cc1ccc2c(c1)c1cc(C)ccc1n2-c1cncc(-n2c3ccc(C)cc3c3cc(C)ccc32)c1. The molecule has 0 amide bonds. The van der Waals surface area contributed by atoms with Crippen molar-refractivity contribution in [1.29, 1.82) is 0 Å². The summed E-state index contributed by atoms with van der Waals surface area (Å²) in [5, 5.41) is 5.12. The molecule has 0 saturated heterocycles. The Hall–Kier alpha value is -4.37. The standard InChI is InChI=1S/C33H27N3/c1-20-5-9-30-26(13-20)27-14-21(2)6-10-31(27)35(30)24-17-25(19-34-18-24)36-32-11-7-22(3)15-28(32)29-16-23(4)8-12-33(29)36/h5-19H,1-4H3. The van der Waals surface area contributed by atoms with Crippen LogP contribution in [0.15, 0.2) is 91.3 Å². The first-order valence-electron chi connectivity index (χ1n) is 12.5. The van der Waals surface area contributed by atoms with Crippen molar-refractivity contribution in [2.45, 2.75) is 27.7 Å². The fourth-order valence-electron chi connectivity index (χ4n) is 5.72. The van der Waals surface area contributed by atoms with Crippen molar-refractivity contribution in [2.75, 3.05) is 0 Å². The van der Waals surface area contributed by atoms with E-state index in [9.17, 15) is 0 Å². The maximum atomic E-state index is 4.75. The Bertz CT molecular complexity index is 1720. The smallest absolute Gasteiger partial charge is 0.0666 e. The number of hydrogen-bond acceptors (Lipinski definition) is 1. The van der Waals surface area contributed by atoms with Crippen LogP contribution in [0.5, 0.6) is 0 Å². The van der Waals surface area contributed by atoms with E-state index in [-0.39, 0.29) is 0 Å². The fourth-order valence-corrected chi connectivity index (χ4v) is 5.72. The molecular formula is C33H27N3. The van der Waals surface area contributed by atoms with Gasteiger partial charge in [-0.2, -0.15) is 0 Å². The van der Waals surface area contributed by atoms with Crippen LogP contribution >= 0.6 is 0 Å². The number of nitrogens with zero attached hydrogens (tertiary/aromatic N) is 3. The molecule has 0 atom stereocenters. The average Bonchev–Trinajstić information content (AvgIpc) is 3.35. The number of pyridine rings is 1. The molecule has 36 heavy (non-hydrogen) atoms. The topological polar surface area (TPSA) is 22.8 Å². The highest BCUT2D eigenvalue weighted by Crippen LogP contribution is 2.36. The molecule has 0 unspecified atom stereocenters. The summed E-state index contributed by atoms with van der Waals surface area (Å²) in [6, 6.07) is 29.2. The number of rotatable bonds is 2. The number of fused-ring (bicyclic) bond motifs is 6. The first-order chi connectivity index (χ1) is 17.5. The lowest BCUT2D eigenvalue weighted by molar-refractivity contribution is 1.09. The molecular weight excluding hydrogens is 438 g/mol. The Morgan fingerprint density at radius 1 is 0.417 bits per heavy atom. The summed E-state index contributed by atoms with van der Waals surface area (Å²) in [4.78, 5) is 4.75. The Morgan fingerprint density at radius 2 is 0.722 bits per heavy atom. The van der Waals surface area contributed by atoms with Gasteiger partial charge in [0.1, 0.15) is 0 Å². The van der Waals surface area contributed by atoms with E-state index in [1.54, 1.807) is 0 Å². The van der Waals surface area contributed by atoms with Gasteiger partial charge in [0.05, 0.1) is 45.8 Å². The van der Waals surface area contributed by atoms with Gasteiger partial charge in [-0.05, 0) is 82.3 Å². The highest BCUT2D eigenvalue weighted by atomic mass is 15.0. The molecule has 3 aromatic heterocycles. The van der Waals surface area contributed by atoms with Crippen LogP contribution in [0.2, 0.25) is 0 Å². The maximum absolute atomic E-state index is 4.75. The molecule has 0 N–H and O–H groups in total. The van der Waals surface area contributed by atoms with Crippen molar-refractivity contribution >= 4 is 43.6 Å². The molecule has 0 radical (unpaired) electrons. The monoisotopic (exact) mass is 465 g/mol. The Morgan fingerprint density at radius 3 is 1.03 bits per heavy atom. The van der Waals surface area contributed by atoms with Gasteiger partial charge in [-0.25, -0.2) is 0 Å². The molecule has 0 aliphatic heterocycles. The third-order valence-corrected chi connectivity index (χ3v) is 7.38. The number of aromatic nitrogens is 3. The molecule has 0 saturated carbocycles. The molecule has 3 heterocycles. The minimum Gasteiger partial charge on any atom is -0.308 e. The van der Waals surface area contributed by atoms with Crippen LogP contribution in [-0.2, 0) is 0 Å². The van der Waals surface area contributed by atoms with E-state index < -0.39 is 0 Å². The summed E-state index contributed by atoms with van der Waals surface area (Å²) < 4.78 is 4.70. The minimum absolute atomic E-state index is 1.06. The maximum Gasteiger partial charge on any atom is 0.0666 e. The summed E-state index contributed by atoms with van der Waals surface area (Å²) in [5.74, 6) is 0. The van der Waals surface area contributed by atoms with E-state index in [2.05, 4.69) is 116 Å². The highest BCUT2D eigenvalue weighted by molar-refractivity contribution is 6.11. The summed E-state index contributed by atoms with van der Waals surface area (Å²) in [5.41, 5.74) is 12.0. The van der Waals surface area contributed by atoms with Crippen LogP contribution in [0.1, 0.15) is 22.3 Å². The van der Waals surface area contributed by atoms with Crippen LogP contribution < -0.4 is 0 Å². The number of hydrogen-bond donors (Lipinski definition) is 0. The molecule has 7 aromatic rings. The Kier molecular flexibility index (Phi) is 4.40. The van der Waals surface area contributed by atoms with Crippen LogP contribution in [0, 0.1) is 27.7 Å².